The van der Waals surface area contributed by atoms with Gasteiger partial charge < -0.3 is 9.64 Å². The highest BCUT2D eigenvalue weighted by Gasteiger charge is 2.24. The monoisotopic (exact) mass is 246 g/mol. The molecule has 1 aromatic rings. The highest BCUT2D eigenvalue weighted by atomic mass is 16.6. The zero-order chi connectivity index (χ0) is 13.0. The molecular weight excluding hydrogens is 232 g/mol. The summed E-state index contributed by atoms with van der Waals surface area (Å²) < 4.78 is 5.52. The van der Waals surface area contributed by atoms with Gasteiger partial charge in [0.2, 0.25) is 0 Å². The molecule has 0 N–H and O–H groups in total. The van der Waals surface area contributed by atoms with Gasteiger partial charge in [-0.15, -0.1) is 12.3 Å². The Morgan fingerprint density at radius 1 is 1.56 bits per heavy atom. The molecule has 1 aromatic carbocycles. The minimum absolute atomic E-state index is 0.0523. The maximum Gasteiger partial charge on any atom is 0.292 e. The Morgan fingerprint density at radius 3 is 3.06 bits per heavy atom. The van der Waals surface area contributed by atoms with Crippen LogP contribution in [0.25, 0.3) is 0 Å². The van der Waals surface area contributed by atoms with Crippen LogP contribution >= 0.6 is 0 Å². The molecule has 5 nitrogen and oxygen atoms in total. The maximum atomic E-state index is 11.0. The number of anilines is 1. The van der Waals surface area contributed by atoms with E-state index in [9.17, 15) is 10.1 Å². The van der Waals surface area contributed by atoms with E-state index < -0.39 is 0 Å². The molecular formula is C13H14N2O3. The smallest absolute Gasteiger partial charge is 0.292 e. The lowest BCUT2D eigenvalue weighted by atomic mass is 10.1. The number of terminal acetylenes is 1. The summed E-state index contributed by atoms with van der Waals surface area (Å²) in [5, 5.41) is 11.0. The summed E-state index contributed by atoms with van der Waals surface area (Å²) >= 11 is 0. The quantitative estimate of drug-likeness (QED) is 0.464. The highest BCUT2D eigenvalue weighted by Crippen LogP contribution is 2.29. The molecule has 94 valence electrons. The van der Waals surface area contributed by atoms with E-state index in [1.807, 2.05) is 4.90 Å². The summed E-state index contributed by atoms with van der Waals surface area (Å²) in [4.78, 5) is 12.6. The van der Waals surface area contributed by atoms with Gasteiger partial charge in [-0.05, 0) is 6.07 Å². The molecule has 0 bridgehead atoms. The van der Waals surface area contributed by atoms with Gasteiger partial charge >= 0.3 is 0 Å². The molecule has 0 spiro atoms. The molecule has 1 aliphatic heterocycles. The molecule has 2 rings (SSSR count). The van der Waals surface area contributed by atoms with E-state index >= 15 is 0 Å². The first kappa shape index (κ1) is 12.4. The Bertz CT molecular complexity index is 481. The zero-order valence-corrected chi connectivity index (χ0v) is 9.91. The first-order valence-corrected chi connectivity index (χ1v) is 5.76. The molecule has 0 amide bonds. The maximum absolute atomic E-state index is 11.0. The van der Waals surface area contributed by atoms with E-state index in [1.54, 1.807) is 18.2 Å². The van der Waals surface area contributed by atoms with Crippen molar-refractivity contribution in [1.82, 2.24) is 0 Å². The number of nitrogens with zero attached hydrogens (tertiary/aromatic N) is 2. The largest absolute Gasteiger partial charge is 0.374 e. The molecule has 1 unspecified atom stereocenters. The SMILES string of the molecule is C#CCC1CN(c2ccccc2[N+](=O)[O-])CCO1. The Labute approximate surface area is 106 Å². The number of ether oxygens (including phenoxy) is 1. The van der Waals surface area contributed by atoms with Crippen LogP contribution in [0.3, 0.4) is 0 Å². The van der Waals surface area contributed by atoms with Crippen molar-refractivity contribution in [2.45, 2.75) is 12.5 Å². The lowest BCUT2D eigenvalue weighted by Gasteiger charge is -2.33. The summed E-state index contributed by atoms with van der Waals surface area (Å²) in [7, 11) is 0. The minimum atomic E-state index is -0.360. The van der Waals surface area contributed by atoms with Crippen LogP contribution in [0.4, 0.5) is 11.4 Å². The topological polar surface area (TPSA) is 55.6 Å². The molecule has 1 atom stereocenters. The van der Waals surface area contributed by atoms with Gasteiger partial charge in [-0.3, -0.25) is 10.1 Å². The van der Waals surface area contributed by atoms with Crippen molar-refractivity contribution >= 4 is 11.4 Å². The number of rotatable bonds is 3. The lowest BCUT2D eigenvalue weighted by molar-refractivity contribution is -0.384. The van der Waals surface area contributed by atoms with E-state index in [4.69, 9.17) is 11.2 Å². The van der Waals surface area contributed by atoms with Gasteiger partial charge in [-0.2, -0.15) is 0 Å². The fourth-order valence-corrected chi connectivity index (χ4v) is 2.08. The number of hydrogen-bond donors (Lipinski definition) is 0. The molecule has 0 radical (unpaired) electrons. The molecule has 18 heavy (non-hydrogen) atoms. The summed E-state index contributed by atoms with van der Waals surface area (Å²) in [6, 6.07) is 6.74. The van der Waals surface area contributed by atoms with Gasteiger partial charge in [0.15, 0.2) is 0 Å². The van der Waals surface area contributed by atoms with Crippen LogP contribution in [0.2, 0.25) is 0 Å². The summed E-state index contributed by atoms with van der Waals surface area (Å²) in [6.07, 6.45) is 5.74. The van der Waals surface area contributed by atoms with Crippen molar-refractivity contribution in [2.24, 2.45) is 0 Å². The Kier molecular flexibility index (Phi) is 3.80. The van der Waals surface area contributed by atoms with Gasteiger partial charge in [0.25, 0.3) is 5.69 Å². The van der Waals surface area contributed by atoms with E-state index in [-0.39, 0.29) is 16.7 Å². The highest BCUT2D eigenvalue weighted by molar-refractivity contribution is 5.63. The Hall–Kier alpha value is -2.06. The van der Waals surface area contributed by atoms with E-state index in [0.717, 1.165) is 0 Å². The van der Waals surface area contributed by atoms with Gasteiger partial charge in [-0.1, -0.05) is 12.1 Å². The van der Waals surface area contributed by atoms with Crippen LogP contribution in [0.5, 0.6) is 0 Å². The minimum Gasteiger partial charge on any atom is -0.374 e. The Balaban J connectivity index is 2.21. The number of morpholine rings is 1. The van der Waals surface area contributed by atoms with Crippen LogP contribution in [0.1, 0.15) is 6.42 Å². The predicted molar refractivity (Wildman–Crippen MR) is 68.5 cm³/mol. The van der Waals surface area contributed by atoms with Gasteiger partial charge in [0.1, 0.15) is 5.69 Å². The third kappa shape index (κ3) is 2.60. The molecule has 1 fully saturated rings. The number of para-hydroxylation sites is 2. The predicted octanol–water partition coefficient (Wildman–Crippen LogP) is 1.82. The normalized spacial score (nSPS) is 19.3. The van der Waals surface area contributed by atoms with Crippen LogP contribution in [-0.4, -0.2) is 30.7 Å². The first-order chi connectivity index (χ1) is 8.72. The molecule has 1 aliphatic rings. The summed E-state index contributed by atoms with van der Waals surface area (Å²) in [5.41, 5.74) is 0.756. The van der Waals surface area contributed by atoms with Crippen molar-refractivity contribution in [3.63, 3.8) is 0 Å². The third-order valence-corrected chi connectivity index (χ3v) is 2.90. The van der Waals surface area contributed by atoms with E-state index in [1.165, 1.54) is 6.07 Å². The molecule has 1 saturated heterocycles. The second kappa shape index (κ2) is 5.52. The van der Waals surface area contributed by atoms with Crippen molar-refractivity contribution in [3.05, 3.63) is 34.4 Å². The van der Waals surface area contributed by atoms with Crippen LogP contribution in [0, 0.1) is 22.5 Å². The van der Waals surface area contributed by atoms with Crippen molar-refractivity contribution in [1.29, 1.82) is 0 Å². The number of nitro benzene ring substituents is 1. The third-order valence-electron chi connectivity index (χ3n) is 2.90. The average molecular weight is 246 g/mol. The number of nitro groups is 1. The standard InChI is InChI=1S/C13H14N2O3/c1-2-5-11-10-14(8-9-18-11)12-6-3-4-7-13(12)15(16)17/h1,3-4,6-7,11H,5,8-10H2. The fourth-order valence-electron chi connectivity index (χ4n) is 2.08. The van der Waals surface area contributed by atoms with Crippen LogP contribution in [0.15, 0.2) is 24.3 Å². The Morgan fingerprint density at radius 2 is 2.33 bits per heavy atom. The number of hydrogen-bond acceptors (Lipinski definition) is 4. The van der Waals surface area contributed by atoms with E-state index in [2.05, 4.69) is 5.92 Å². The van der Waals surface area contributed by atoms with Gasteiger partial charge in [-0.25, -0.2) is 0 Å². The first-order valence-electron chi connectivity index (χ1n) is 5.76. The molecule has 5 heteroatoms. The number of benzene rings is 1. The van der Waals surface area contributed by atoms with Crippen molar-refractivity contribution in [2.75, 3.05) is 24.6 Å². The van der Waals surface area contributed by atoms with Crippen LogP contribution in [-0.2, 0) is 4.74 Å². The second-order valence-corrected chi connectivity index (χ2v) is 4.09. The zero-order valence-electron chi connectivity index (χ0n) is 9.91. The van der Waals surface area contributed by atoms with E-state index in [0.29, 0.717) is 31.8 Å². The molecule has 1 heterocycles. The van der Waals surface area contributed by atoms with Crippen molar-refractivity contribution < 1.29 is 9.66 Å². The van der Waals surface area contributed by atoms with Gasteiger partial charge in [0, 0.05) is 25.6 Å². The summed E-state index contributed by atoms with van der Waals surface area (Å²) in [5.74, 6) is 2.56. The molecule has 0 aromatic heterocycles. The average Bonchev–Trinajstić information content (AvgIpc) is 2.39. The summed E-state index contributed by atoms with van der Waals surface area (Å²) in [6.45, 7) is 1.78. The molecule has 0 saturated carbocycles. The fraction of sp³-hybridized carbons (Fsp3) is 0.385. The second-order valence-electron chi connectivity index (χ2n) is 4.09. The lowest BCUT2D eigenvalue weighted by Crippen LogP contribution is -2.42. The van der Waals surface area contributed by atoms with Crippen molar-refractivity contribution in [3.8, 4) is 12.3 Å². The van der Waals surface area contributed by atoms with Crippen LogP contribution < -0.4 is 4.90 Å². The van der Waals surface area contributed by atoms with Gasteiger partial charge in [0.05, 0.1) is 17.6 Å². The molecule has 0 aliphatic carbocycles.